The lowest BCUT2D eigenvalue weighted by Gasteiger charge is -2.29. The van der Waals surface area contributed by atoms with Crippen molar-refractivity contribution in [3.05, 3.63) is 65.5 Å². The quantitative estimate of drug-likeness (QED) is 0.527. The van der Waals surface area contributed by atoms with Gasteiger partial charge in [-0.2, -0.15) is 0 Å². The maximum atomic E-state index is 13.3. The molecule has 1 aliphatic carbocycles. The molecule has 1 heterocycles. The minimum atomic E-state index is -0.255. The molecule has 2 aromatic carbocycles. The molecule has 0 bridgehead atoms. The van der Waals surface area contributed by atoms with Crippen molar-refractivity contribution in [1.82, 2.24) is 5.06 Å². The van der Waals surface area contributed by atoms with Crippen LogP contribution in [0.1, 0.15) is 43.2 Å². The summed E-state index contributed by atoms with van der Waals surface area (Å²) in [5, 5.41) is 1.96. The second-order valence-corrected chi connectivity index (χ2v) is 7.45. The third-order valence-corrected chi connectivity index (χ3v) is 5.04. The minimum Gasteiger partial charge on any atom is -0.272 e. The fourth-order valence-corrected chi connectivity index (χ4v) is 3.33. The van der Waals surface area contributed by atoms with Gasteiger partial charge in [-0.1, -0.05) is 24.3 Å². The van der Waals surface area contributed by atoms with E-state index < -0.39 is 0 Å². The summed E-state index contributed by atoms with van der Waals surface area (Å²) in [6, 6.07) is 14.9. The second kappa shape index (κ2) is 8.65. The summed E-state index contributed by atoms with van der Waals surface area (Å²) in [6.07, 6.45) is 5.08. The summed E-state index contributed by atoms with van der Waals surface area (Å²) >= 11 is 0. The van der Waals surface area contributed by atoms with Crippen LogP contribution in [0.4, 0.5) is 10.1 Å². The Morgan fingerprint density at radius 3 is 2.57 bits per heavy atom. The highest BCUT2D eigenvalue weighted by atomic mass is 19.1. The highest BCUT2D eigenvalue weighted by molar-refractivity contribution is 6.13. The van der Waals surface area contributed by atoms with Crippen LogP contribution in [-0.2, 0) is 4.84 Å². The summed E-state index contributed by atoms with van der Waals surface area (Å²) in [5.74, 6) is 0.695. The van der Waals surface area contributed by atoms with Crippen molar-refractivity contribution < 1.29 is 9.23 Å². The van der Waals surface area contributed by atoms with Gasteiger partial charge in [0.05, 0.1) is 30.5 Å². The highest BCUT2D eigenvalue weighted by Crippen LogP contribution is 2.26. The lowest BCUT2D eigenvalue weighted by atomic mass is 10.0. The maximum absolute atomic E-state index is 13.3. The molecule has 1 aliphatic heterocycles. The zero-order valence-electron chi connectivity index (χ0n) is 16.3. The topological polar surface area (TPSA) is 37.2 Å². The molecule has 0 spiro atoms. The predicted molar refractivity (Wildman–Crippen MR) is 111 cm³/mol. The molecule has 2 aromatic rings. The molecule has 0 unspecified atom stereocenters. The average molecular weight is 379 g/mol. The van der Waals surface area contributed by atoms with Crippen LogP contribution in [0.15, 0.2) is 58.5 Å². The Hall–Kier alpha value is -2.53. The van der Waals surface area contributed by atoms with E-state index in [1.54, 1.807) is 12.1 Å². The van der Waals surface area contributed by atoms with Crippen molar-refractivity contribution in [2.24, 2.45) is 9.98 Å². The van der Waals surface area contributed by atoms with Crippen LogP contribution in [0.3, 0.4) is 0 Å². The predicted octanol–water partition coefficient (Wildman–Crippen LogP) is 5.23. The monoisotopic (exact) mass is 379 g/mol. The third-order valence-electron chi connectivity index (χ3n) is 5.04. The summed E-state index contributed by atoms with van der Waals surface area (Å²) < 4.78 is 13.3. The summed E-state index contributed by atoms with van der Waals surface area (Å²) in [4.78, 5) is 15.7. The Balaban J connectivity index is 1.69. The van der Waals surface area contributed by atoms with Crippen LogP contribution in [0.5, 0.6) is 0 Å². The number of rotatable bonds is 5. The van der Waals surface area contributed by atoms with Gasteiger partial charge in [0.15, 0.2) is 0 Å². The van der Waals surface area contributed by atoms with Gasteiger partial charge in [0.25, 0.3) is 0 Å². The molecule has 2 aliphatic rings. The first-order valence-corrected chi connectivity index (χ1v) is 10.1. The molecular weight excluding hydrogens is 353 g/mol. The Labute approximate surface area is 165 Å². The van der Waals surface area contributed by atoms with Crippen molar-refractivity contribution in [3.8, 4) is 0 Å². The molecule has 0 radical (unpaired) electrons. The standard InChI is InChI=1S/C23H26FN3O/c1-17-6-2-3-7-21(17)22(25-19-10-8-18(24)9-11-19)16-23(26-20-12-13-20)27-14-4-5-15-28-27/h2-3,6-11,20H,4-5,12-16H2,1H3. The Morgan fingerprint density at radius 1 is 1.11 bits per heavy atom. The van der Waals surface area contributed by atoms with E-state index in [0.717, 1.165) is 67.2 Å². The van der Waals surface area contributed by atoms with Crippen molar-refractivity contribution >= 4 is 17.2 Å². The van der Waals surface area contributed by atoms with Gasteiger partial charge in [-0.15, -0.1) is 0 Å². The second-order valence-electron chi connectivity index (χ2n) is 7.45. The number of hydroxylamine groups is 2. The summed E-state index contributed by atoms with van der Waals surface area (Å²) in [7, 11) is 0. The highest BCUT2D eigenvalue weighted by Gasteiger charge is 2.25. The van der Waals surface area contributed by atoms with E-state index in [-0.39, 0.29) is 5.82 Å². The number of aryl methyl sites for hydroxylation is 1. The lowest BCUT2D eigenvalue weighted by Crippen LogP contribution is -2.37. The molecule has 28 heavy (non-hydrogen) atoms. The molecule has 0 atom stereocenters. The molecular formula is C23H26FN3O. The van der Waals surface area contributed by atoms with Crippen LogP contribution in [-0.4, -0.2) is 35.8 Å². The van der Waals surface area contributed by atoms with Gasteiger partial charge >= 0.3 is 0 Å². The van der Waals surface area contributed by atoms with E-state index in [1.165, 1.54) is 12.1 Å². The van der Waals surface area contributed by atoms with E-state index >= 15 is 0 Å². The van der Waals surface area contributed by atoms with Crippen molar-refractivity contribution in [1.29, 1.82) is 0 Å². The smallest absolute Gasteiger partial charge is 0.130 e. The minimum absolute atomic E-state index is 0.255. The first-order chi connectivity index (χ1) is 13.7. The van der Waals surface area contributed by atoms with Gasteiger partial charge in [0.1, 0.15) is 11.7 Å². The van der Waals surface area contributed by atoms with Crippen LogP contribution < -0.4 is 0 Å². The number of hydrogen-bond acceptors (Lipinski definition) is 3. The zero-order chi connectivity index (χ0) is 19.3. The first kappa shape index (κ1) is 18.8. The molecule has 1 saturated carbocycles. The fourth-order valence-electron chi connectivity index (χ4n) is 3.33. The molecule has 2 fully saturated rings. The van der Waals surface area contributed by atoms with Crippen LogP contribution in [0, 0.1) is 12.7 Å². The molecule has 4 rings (SSSR count). The maximum Gasteiger partial charge on any atom is 0.130 e. The molecule has 4 nitrogen and oxygen atoms in total. The van der Waals surface area contributed by atoms with E-state index in [4.69, 9.17) is 14.8 Å². The van der Waals surface area contributed by atoms with Gasteiger partial charge in [0.2, 0.25) is 0 Å². The molecule has 0 amide bonds. The normalized spacial score (nSPS) is 18.4. The molecule has 0 N–H and O–H groups in total. The lowest BCUT2D eigenvalue weighted by molar-refractivity contribution is -0.124. The zero-order valence-corrected chi connectivity index (χ0v) is 16.3. The van der Waals surface area contributed by atoms with Gasteiger partial charge in [-0.3, -0.25) is 14.8 Å². The number of nitrogens with zero attached hydrogens (tertiary/aromatic N) is 3. The van der Waals surface area contributed by atoms with E-state index in [2.05, 4.69) is 19.1 Å². The molecule has 0 aromatic heterocycles. The van der Waals surface area contributed by atoms with Crippen LogP contribution in [0.25, 0.3) is 0 Å². The van der Waals surface area contributed by atoms with Crippen molar-refractivity contribution in [2.75, 3.05) is 13.2 Å². The van der Waals surface area contributed by atoms with Crippen molar-refractivity contribution in [3.63, 3.8) is 0 Å². The Kier molecular flexibility index (Phi) is 5.81. The first-order valence-electron chi connectivity index (χ1n) is 10.1. The van der Waals surface area contributed by atoms with Gasteiger partial charge in [0, 0.05) is 6.54 Å². The summed E-state index contributed by atoms with van der Waals surface area (Å²) in [5.41, 5.74) is 3.92. The van der Waals surface area contributed by atoms with Crippen LogP contribution in [0.2, 0.25) is 0 Å². The summed E-state index contributed by atoms with van der Waals surface area (Å²) in [6.45, 7) is 3.69. The Bertz CT molecular complexity index is 866. The fraction of sp³-hybridized carbons (Fsp3) is 0.391. The molecule has 5 heteroatoms. The number of aliphatic imine (C=N–C) groups is 2. The average Bonchev–Trinajstić information content (AvgIpc) is 3.54. The van der Waals surface area contributed by atoms with Gasteiger partial charge in [-0.05, 0) is 68.0 Å². The molecule has 146 valence electrons. The van der Waals surface area contributed by atoms with E-state index in [0.29, 0.717) is 12.5 Å². The number of benzene rings is 2. The Morgan fingerprint density at radius 2 is 1.89 bits per heavy atom. The number of amidine groups is 1. The van der Waals surface area contributed by atoms with Gasteiger partial charge in [-0.25, -0.2) is 9.45 Å². The number of hydrogen-bond donors (Lipinski definition) is 0. The van der Waals surface area contributed by atoms with E-state index in [1.807, 2.05) is 17.2 Å². The van der Waals surface area contributed by atoms with Crippen molar-refractivity contribution in [2.45, 2.75) is 45.1 Å². The largest absolute Gasteiger partial charge is 0.272 e. The van der Waals surface area contributed by atoms with E-state index in [9.17, 15) is 4.39 Å². The number of halogens is 1. The van der Waals surface area contributed by atoms with Crippen LogP contribution >= 0.6 is 0 Å². The molecule has 1 saturated heterocycles. The SMILES string of the molecule is Cc1ccccc1C(CC(=NC1CC1)N1CCCCO1)=Nc1ccc(F)cc1. The third kappa shape index (κ3) is 4.84. The van der Waals surface area contributed by atoms with Gasteiger partial charge < -0.3 is 0 Å².